The summed E-state index contributed by atoms with van der Waals surface area (Å²) in [6, 6.07) is 5.87. The molecule has 1 heterocycles. The molecule has 0 fully saturated rings. The van der Waals surface area contributed by atoms with E-state index in [0.717, 1.165) is 17.3 Å². The number of aromatic nitrogens is 1. The molecule has 17 heavy (non-hydrogen) atoms. The second-order valence-electron chi connectivity index (χ2n) is 4.06. The number of nitrogens with zero attached hydrogens (tertiary/aromatic N) is 2. The first-order chi connectivity index (χ1) is 7.88. The van der Waals surface area contributed by atoms with Gasteiger partial charge in [0.05, 0.1) is 11.4 Å². The molecule has 1 rings (SSSR count). The second-order valence-corrected chi connectivity index (χ2v) is 7.43. The molecule has 0 radical (unpaired) electrons. The van der Waals surface area contributed by atoms with E-state index in [4.69, 9.17) is 0 Å². The molecule has 0 aromatic carbocycles. The molecule has 0 unspecified atom stereocenters. The van der Waals surface area contributed by atoms with Gasteiger partial charge in [-0.15, -0.1) is 0 Å². The Balaban J connectivity index is 2.44. The van der Waals surface area contributed by atoms with Crippen LogP contribution in [-0.4, -0.2) is 45.3 Å². The van der Waals surface area contributed by atoms with E-state index in [-0.39, 0.29) is 5.75 Å². The second kappa shape index (κ2) is 6.26. The summed E-state index contributed by atoms with van der Waals surface area (Å²) in [5.74, 6) is 2.51. The fourth-order valence-electron chi connectivity index (χ4n) is 1.18. The molecule has 0 saturated carbocycles. The standard InChI is InChI=1S/C11H18N2O2S2/c1-13(2)11-6-4-5-10(12-11)9-16-7-8-17(3,14)15/h4-6H,7-9H2,1-3H3. The molecular weight excluding hydrogens is 256 g/mol. The van der Waals surface area contributed by atoms with E-state index in [1.54, 1.807) is 11.8 Å². The number of thioether (sulfide) groups is 1. The van der Waals surface area contributed by atoms with Crippen molar-refractivity contribution in [2.24, 2.45) is 0 Å². The lowest BCUT2D eigenvalue weighted by molar-refractivity contribution is 0.603. The van der Waals surface area contributed by atoms with Crippen molar-refractivity contribution in [3.05, 3.63) is 23.9 Å². The lowest BCUT2D eigenvalue weighted by Crippen LogP contribution is -2.11. The minimum atomic E-state index is -2.85. The van der Waals surface area contributed by atoms with Gasteiger partial charge in [-0.1, -0.05) is 6.07 Å². The summed E-state index contributed by atoms with van der Waals surface area (Å²) in [4.78, 5) is 6.41. The average molecular weight is 274 g/mol. The maximum Gasteiger partial charge on any atom is 0.148 e. The van der Waals surface area contributed by atoms with Crippen LogP contribution in [0.2, 0.25) is 0 Å². The van der Waals surface area contributed by atoms with Crippen molar-refractivity contribution >= 4 is 27.4 Å². The van der Waals surface area contributed by atoms with Gasteiger partial charge in [0.25, 0.3) is 0 Å². The van der Waals surface area contributed by atoms with Gasteiger partial charge < -0.3 is 4.90 Å². The smallest absolute Gasteiger partial charge is 0.148 e. The lowest BCUT2D eigenvalue weighted by Gasteiger charge is -2.11. The predicted octanol–water partition coefficient (Wildman–Crippen LogP) is 1.43. The number of rotatable bonds is 6. The molecular formula is C11H18N2O2S2. The maximum absolute atomic E-state index is 11.0. The molecule has 0 amide bonds. The highest BCUT2D eigenvalue weighted by molar-refractivity contribution is 7.99. The van der Waals surface area contributed by atoms with E-state index >= 15 is 0 Å². The van der Waals surface area contributed by atoms with E-state index in [9.17, 15) is 8.42 Å². The number of hydrogen-bond acceptors (Lipinski definition) is 5. The molecule has 96 valence electrons. The molecule has 0 aliphatic carbocycles. The van der Waals surface area contributed by atoms with E-state index in [1.165, 1.54) is 6.26 Å². The Kier molecular flexibility index (Phi) is 5.27. The molecule has 0 aliphatic heterocycles. The summed E-state index contributed by atoms with van der Waals surface area (Å²) >= 11 is 1.59. The Bertz CT molecular complexity index is 458. The number of hydrogen-bond donors (Lipinski definition) is 0. The summed E-state index contributed by atoms with van der Waals surface area (Å²) < 4.78 is 21.9. The quantitative estimate of drug-likeness (QED) is 0.734. The predicted molar refractivity (Wildman–Crippen MR) is 74.4 cm³/mol. The fourth-order valence-corrected chi connectivity index (χ4v) is 3.38. The van der Waals surface area contributed by atoms with Crippen LogP contribution in [0.15, 0.2) is 18.2 Å². The van der Waals surface area contributed by atoms with Crippen LogP contribution in [0.5, 0.6) is 0 Å². The van der Waals surface area contributed by atoms with Crippen LogP contribution in [0.25, 0.3) is 0 Å². The Hall–Kier alpha value is -0.750. The highest BCUT2D eigenvalue weighted by atomic mass is 32.2. The number of sulfone groups is 1. The average Bonchev–Trinajstić information content (AvgIpc) is 2.23. The van der Waals surface area contributed by atoms with Crippen molar-refractivity contribution in [1.82, 2.24) is 4.98 Å². The number of anilines is 1. The topological polar surface area (TPSA) is 50.3 Å². The van der Waals surface area contributed by atoms with Crippen molar-refractivity contribution in [3.8, 4) is 0 Å². The summed E-state index contributed by atoms with van der Waals surface area (Å²) in [5.41, 5.74) is 0.981. The normalized spacial score (nSPS) is 11.5. The largest absolute Gasteiger partial charge is 0.363 e. The van der Waals surface area contributed by atoms with Gasteiger partial charge in [-0.3, -0.25) is 0 Å². The molecule has 1 aromatic heterocycles. The van der Waals surface area contributed by atoms with Crippen molar-refractivity contribution < 1.29 is 8.42 Å². The monoisotopic (exact) mass is 274 g/mol. The van der Waals surface area contributed by atoms with Crippen LogP contribution >= 0.6 is 11.8 Å². The van der Waals surface area contributed by atoms with E-state index in [1.807, 2.05) is 37.2 Å². The minimum Gasteiger partial charge on any atom is -0.363 e. The van der Waals surface area contributed by atoms with Crippen LogP contribution in [0.1, 0.15) is 5.69 Å². The summed E-state index contributed by atoms with van der Waals surface area (Å²) in [7, 11) is 1.05. The summed E-state index contributed by atoms with van der Waals surface area (Å²) in [6.45, 7) is 0. The molecule has 4 nitrogen and oxygen atoms in total. The Morgan fingerprint density at radius 3 is 2.65 bits per heavy atom. The van der Waals surface area contributed by atoms with Gasteiger partial charge in [-0.05, 0) is 12.1 Å². The van der Waals surface area contributed by atoms with Crippen molar-refractivity contribution in [3.63, 3.8) is 0 Å². The zero-order chi connectivity index (χ0) is 12.9. The Labute approximate surface area is 107 Å². The molecule has 0 atom stereocenters. The molecule has 1 aromatic rings. The van der Waals surface area contributed by atoms with Crippen LogP contribution in [0.3, 0.4) is 0 Å². The third kappa shape index (κ3) is 5.93. The lowest BCUT2D eigenvalue weighted by atomic mass is 10.3. The molecule has 0 saturated heterocycles. The maximum atomic E-state index is 11.0. The van der Waals surface area contributed by atoms with E-state index in [0.29, 0.717) is 5.75 Å². The summed E-state index contributed by atoms with van der Waals surface area (Å²) in [5, 5.41) is 0. The van der Waals surface area contributed by atoms with E-state index in [2.05, 4.69) is 4.98 Å². The van der Waals surface area contributed by atoms with Gasteiger partial charge in [-0.25, -0.2) is 13.4 Å². The van der Waals surface area contributed by atoms with Gasteiger partial charge in [0.15, 0.2) is 0 Å². The first kappa shape index (κ1) is 14.3. The van der Waals surface area contributed by atoms with Gasteiger partial charge in [0.2, 0.25) is 0 Å². The number of pyridine rings is 1. The van der Waals surface area contributed by atoms with Gasteiger partial charge >= 0.3 is 0 Å². The van der Waals surface area contributed by atoms with Gasteiger partial charge in [0.1, 0.15) is 15.7 Å². The Morgan fingerprint density at radius 2 is 2.06 bits per heavy atom. The highest BCUT2D eigenvalue weighted by Gasteiger charge is 2.03. The minimum absolute atomic E-state index is 0.227. The third-order valence-electron chi connectivity index (χ3n) is 2.10. The third-order valence-corrected chi connectivity index (χ3v) is 4.30. The van der Waals surface area contributed by atoms with Crippen LogP contribution in [0, 0.1) is 0 Å². The van der Waals surface area contributed by atoms with Crippen molar-refractivity contribution in [2.45, 2.75) is 5.75 Å². The van der Waals surface area contributed by atoms with Crippen molar-refractivity contribution in [1.29, 1.82) is 0 Å². The van der Waals surface area contributed by atoms with Gasteiger partial charge in [0, 0.05) is 31.9 Å². The van der Waals surface area contributed by atoms with Crippen LogP contribution in [0.4, 0.5) is 5.82 Å². The molecule has 0 spiro atoms. The van der Waals surface area contributed by atoms with Gasteiger partial charge in [-0.2, -0.15) is 11.8 Å². The van der Waals surface area contributed by atoms with E-state index < -0.39 is 9.84 Å². The molecule has 0 aliphatic rings. The van der Waals surface area contributed by atoms with Crippen molar-refractivity contribution in [2.75, 3.05) is 36.8 Å². The molecule has 0 N–H and O–H groups in total. The fraction of sp³-hybridized carbons (Fsp3) is 0.545. The molecule has 6 heteroatoms. The first-order valence-corrected chi connectivity index (χ1v) is 8.49. The summed E-state index contributed by atoms with van der Waals surface area (Å²) in [6.07, 6.45) is 1.26. The van der Waals surface area contributed by atoms with Crippen LogP contribution < -0.4 is 4.90 Å². The first-order valence-electron chi connectivity index (χ1n) is 5.27. The van der Waals surface area contributed by atoms with Crippen LogP contribution in [-0.2, 0) is 15.6 Å². The zero-order valence-electron chi connectivity index (χ0n) is 10.4. The highest BCUT2D eigenvalue weighted by Crippen LogP contribution is 2.14. The SMILES string of the molecule is CN(C)c1cccc(CSCCS(C)(=O)=O)n1. The Morgan fingerprint density at radius 1 is 1.35 bits per heavy atom. The molecule has 0 bridgehead atoms. The zero-order valence-corrected chi connectivity index (χ0v) is 12.0.